The van der Waals surface area contributed by atoms with Gasteiger partial charge < -0.3 is 14.8 Å². The van der Waals surface area contributed by atoms with Crippen molar-refractivity contribution in [3.8, 4) is 11.5 Å². The number of alkyl halides is 1. The first-order chi connectivity index (χ1) is 8.99. The molecule has 106 valence electrons. The molecule has 0 spiro atoms. The third-order valence-corrected chi connectivity index (χ3v) is 4.38. The van der Waals surface area contributed by atoms with Crippen LogP contribution in [0.4, 0.5) is 0 Å². The molecule has 19 heavy (non-hydrogen) atoms. The van der Waals surface area contributed by atoms with Crippen LogP contribution >= 0.6 is 15.9 Å². The van der Waals surface area contributed by atoms with Gasteiger partial charge in [-0.3, -0.25) is 4.79 Å². The molecule has 0 aliphatic carbocycles. The predicted octanol–water partition coefficient (Wildman–Crippen LogP) is 3.00. The molecule has 0 bridgehead atoms. The van der Waals surface area contributed by atoms with E-state index < -0.39 is 0 Å². The zero-order chi connectivity index (χ0) is 14.5. The first-order valence-electron chi connectivity index (χ1n) is 6.10. The molecule has 1 unspecified atom stereocenters. The number of halogens is 1. The van der Waals surface area contributed by atoms with Crippen molar-refractivity contribution < 1.29 is 14.3 Å². The lowest BCUT2D eigenvalue weighted by Gasteiger charge is -2.27. The molecule has 1 rings (SSSR count). The Kier molecular flexibility index (Phi) is 5.66. The molecule has 0 heterocycles. The minimum absolute atomic E-state index is 0.167. The van der Waals surface area contributed by atoms with Crippen LogP contribution in [0.5, 0.6) is 11.5 Å². The molecule has 0 aliphatic rings. The Bertz CT molecular complexity index is 444. The molecule has 5 heteroatoms. The molecule has 0 fully saturated rings. The summed E-state index contributed by atoms with van der Waals surface area (Å²) in [5.74, 6) is 0.994. The monoisotopic (exact) mass is 329 g/mol. The minimum atomic E-state index is -0.287. The molecule has 0 saturated heterocycles. The van der Waals surface area contributed by atoms with Crippen LogP contribution in [0.15, 0.2) is 18.2 Å². The third kappa shape index (κ3) is 3.86. The van der Waals surface area contributed by atoms with Crippen molar-refractivity contribution in [1.82, 2.24) is 5.32 Å². The second kappa shape index (κ2) is 6.80. The highest BCUT2D eigenvalue weighted by Crippen LogP contribution is 2.25. The van der Waals surface area contributed by atoms with Gasteiger partial charge in [-0.15, -0.1) is 0 Å². The molecule has 1 amide bonds. The number of methoxy groups -OCH3 is 2. The van der Waals surface area contributed by atoms with Crippen LogP contribution in [0.25, 0.3) is 0 Å². The van der Waals surface area contributed by atoms with Gasteiger partial charge in [-0.25, -0.2) is 0 Å². The van der Waals surface area contributed by atoms with E-state index in [9.17, 15) is 4.79 Å². The number of amides is 1. The van der Waals surface area contributed by atoms with Gasteiger partial charge >= 0.3 is 0 Å². The van der Waals surface area contributed by atoms with E-state index in [1.165, 1.54) is 0 Å². The summed E-state index contributed by atoms with van der Waals surface area (Å²) in [7, 11) is 3.11. The van der Waals surface area contributed by atoms with E-state index in [1.807, 2.05) is 13.8 Å². The van der Waals surface area contributed by atoms with E-state index in [4.69, 9.17) is 9.47 Å². The second-order valence-electron chi connectivity index (χ2n) is 4.57. The molecular formula is C14H20BrNO3. The largest absolute Gasteiger partial charge is 0.497 e. The fourth-order valence-electron chi connectivity index (χ4n) is 1.55. The van der Waals surface area contributed by atoms with Crippen LogP contribution in [0, 0.1) is 0 Å². The van der Waals surface area contributed by atoms with Gasteiger partial charge in [0.2, 0.25) is 0 Å². The van der Waals surface area contributed by atoms with E-state index in [2.05, 4.69) is 21.2 Å². The van der Waals surface area contributed by atoms with Crippen LogP contribution in [0.1, 0.15) is 30.6 Å². The summed E-state index contributed by atoms with van der Waals surface area (Å²) in [5, 5.41) is 3.70. The van der Waals surface area contributed by atoms with Gasteiger partial charge in [0.1, 0.15) is 11.5 Å². The highest BCUT2D eigenvalue weighted by atomic mass is 79.9. The fraction of sp³-hybridized carbons (Fsp3) is 0.500. The number of nitrogens with one attached hydrogen (secondary N) is 1. The average molecular weight is 330 g/mol. The molecule has 0 radical (unpaired) electrons. The van der Waals surface area contributed by atoms with Gasteiger partial charge in [0, 0.05) is 10.9 Å². The van der Waals surface area contributed by atoms with E-state index in [1.54, 1.807) is 32.4 Å². The Morgan fingerprint density at radius 1 is 1.37 bits per heavy atom. The summed E-state index contributed by atoms with van der Waals surface area (Å²) in [6.07, 6.45) is 0.830. The van der Waals surface area contributed by atoms with Gasteiger partial charge in [-0.05, 0) is 31.5 Å². The van der Waals surface area contributed by atoms with Gasteiger partial charge in [0.05, 0.1) is 19.8 Å². The Hall–Kier alpha value is -1.23. The number of hydrogen-bond donors (Lipinski definition) is 1. The number of hydrogen-bond acceptors (Lipinski definition) is 3. The Labute approximate surface area is 122 Å². The normalized spacial score (nSPS) is 13.5. The third-order valence-electron chi connectivity index (χ3n) is 3.14. The van der Waals surface area contributed by atoms with Gasteiger partial charge in [-0.1, -0.05) is 22.9 Å². The van der Waals surface area contributed by atoms with Crippen molar-refractivity contribution >= 4 is 21.8 Å². The Balaban J connectivity index is 3.04. The average Bonchev–Trinajstić information content (AvgIpc) is 2.46. The standard InChI is InChI=1S/C14H20BrNO3/c1-5-14(2,9-15)16-13(17)11-8-10(18-3)6-7-12(11)19-4/h6-8H,5,9H2,1-4H3,(H,16,17). The summed E-state index contributed by atoms with van der Waals surface area (Å²) in [6.45, 7) is 4.02. The molecule has 1 N–H and O–H groups in total. The van der Waals surface area contributed by atoms with E-state index in [-0.39, 0.29) is 11.4 Å². The van der Waals surface area contributed by atoms with Gasteiger partial charge in [0.15, 0.2) is 0 Å². The summed E-state index contributed by atoms with van der Waals surface area (Å²) in [4.78, 5) is 12.4. The SMILES string of the molecule is CCC(C)(CBr)NC(=O)c1cc(OC)ccc1OC. The molecule has 1 atom stereocenters. The Morgan fingerprint density at radius 2 is 2.05 bits per heavy atom. The van der Waals surface area contributed by atoms with Crippen molar-refractivity contribution in [2.75, 3.05) is 19.5 Å². The number of carbonyl (C=O) groups excluding carboxylic acids is 1. The summed E-state index contributed by atoms with van der Waals surface area (Å²) in [5.41, 5.74) is 0.188. The van der Waals surface area contributed by atoms with Crippen molar-refractivity contribution in [2.24, 2.45) is 0 Å². The second-order valence-corrected chi connectivity index (χ2v) is 5.13. The number of carbonyl (C=O) groups is 1. The fourth-order valence-corrected chi connectivity index (χ4v) is 2.09. The van der Waals surface area contributed by atoms with Crippen LogP contribution in [0.3, 0.4) is 0 Å². The molecule has 4 nitrogen and oxygen atoms in total. The van der Waals surface area contributed by atoms with Crippen LogP contribution in [-0.2, 0) is 0 Å². The molecule has 1 aromatic carbocycles. The van der Waals surface area contributed by atoms with E-state index in [0.29, 0.717) is 22.4 Å². The first-order valence-corrected chi connectivity index (χ1v) is 7.22. The van der Waals surface area contributed by atoms with Crippen LogP contribution < -0.4 is 14.8 Å². The maximum atomic E-state index is 12.4. The number of benzene rings is 1. The lowest BCUT2D eigenvalue weighted by Crippen LogP contribution is -2.47. The molecule has 0 saturated carbocycles. The number of rotatable bonds is 6. The lowest BCUT2D eigenvalue weighted by atomic mass is 10.0. The highest BCUT2D eigenvalue weighted by molar-refractivity contribution is 9.09. The van der Waals surface area contributed by atoms with Crippen LogP contribution in [-0.4, -0.2) is 31.0 Å². The van der Waals surface area contributed by atoms with E-state index >= 15 is 0 Å². The maximum Gasteiger partial charge on any atom is 0.255 e. The van der Waals surface area contributed by atoms with Crippen molar-refractivity contribution in [2.45, 2.75) is 25.8 Å². The molecule has 0 aromatic heterocycles. The molecule has 1 aromatic rings. The van der Waals surface area contributed by atoms with E-state index in [0.717, 1.165) is 6.42 Å². The van der Waals surface area contributed by atoms with Crippen molar-refractivity contribution in [3.05, 3.63) is 23.8 Å². The van der Waals surface area contributed by atoms with Gasteiger partial charge in [0.25, 0.3) is 5.91 Å². The maximum absolute atomic E-state index is 12.4. The lowest BCUT2D eigenvalue weighted by molar-refractivity contribution is 0.0910. The zero-order valence-corrected chi connectivity index (χ0v) is 13.3. The van der Waals surface area contributed by atoms with Gasteiger partial charge in [-0.2, -0.15) is 0 Å². The molecular weight excluding hydrogens is 310 g/mol. The van der Waals surface area contributed by atoms with Crippen LogP contribution in [0.2, 0.25) is 0 Å². The quantitative estimate of drug-likeness (QED) is 0.816. The summed E-state index contributed by atoms with van der Waals surface area (Å²) < 4.78 is 10.4. The predicted molar refractivity (Wildman–Crippen MR) is 79.5 cm³/mol. The van der Waals surface area contributed by atoms with Crippen molar-refractivity contribution in [1.29, 1.82) is 0 Å². The number of ether oxygens (including phenoxy) is 2. The minimum Gasteiger partial charge on any atom is -0.497 e. The topological polar surface area (TPSA) is 47.6 Å². The smallest absolute Gasteiger partial charge is 0.255 e. The zero-order valence-electron chi connectivity index (χ0n) is 11.7. The Morgan fingerprint density at radius 3 is 2.53 bits per heavy atom. The summed E-state index contributed by atoms with van der Waals surface area (Å²) in [6, 6.07) is 5.17. The highest BCUT2D eigenvalue weighted by Gasteiger charge is 2.25. The summed E-state index contributed by atoms with van der Waals surface area (Å²) >= 11 is 3.43. The molecule has 0 aliphatic heterocycles. The van der Waals surface area contributed by atoms with Crippen molar-refractivity contribution in [3.63, 3.8) is 0 Å². The first kappa shape index (κ1) is 15.8.